The summed E-state index contributed by atoms with van der Waals surface area (Å²) in [5, 5.41) is 1.05. The molecule has 0 amide bonds. The number of rotatable bonds is 2. The third-order valence-corrected chi connectivity index (χ3v) is 3.59. The van der Waals surface area contributed by atoms with E-state index in [1.807, 2.05) is 6.07 Å². The molecule has 2 aromatic rings. The predicted octanol–water partition coefficient (Wildman–Crippen LogP) is 2.67. The van der Waals surface area contributed by atoms with Crippen molar-refractivity contribution in [2.24, 2.45) is 0 Å². The molecule has 1 heterocycles. The third kappa shape index (κ3) is 1.93. The first kappa shape index (κ1) is 12.0. The average Bonchev–Trinajstić information content (AvgIpc) is 2.83. The fourth-order valence-electron chi connectivity index (χ4n) is 2.62. The Hall–Kier alpha value is -2.10. The second-order valence-electron chi connectivity index (χ2n) is 4.74. The van der Waals surface area contributed by atoms with Gasteiger partial charge in [0.2, 0.25) is 0 Å². The minimum absolute atomic E-state index is 0.311. The van der Waals surface area contributed by atoms with E-state index in [1.54, 1.807) is 12.1 Å². The molecule has 0 saturated heterocycles. The van der Waals surface area contributed by atoms with Crippen LogP contribution in [0.1, 0.15) is 34.5 Å². The van der Waals surface area contributed by atoms with Crippen LogP contribution >= 0.6 is 0 Å². The Bertz CT molecular complexity index is 666. The highest BCUT2D eigenvalue weighted by Crippen LogP contribution is 2.32. The van der Waals surface area contributed by atoms with Crippen molar-refractivity contribution < 1.29 is 18.7 Å². The van der Waals surface area contributed by atoms with Gasteiger partial charge in [0.1, 0.15) is 11.3 Å². The van der Waals surface area contributed by atoms with Crippen LogP contribution in [-0.4, -0.2) is 18.9 Å². The van der Waals surface area contributed by atoms with Crippen LogP contribution in [0.5, 0.6) is 0 Å². The molecule has 1 aromatic heterocycles. The molecule has 1 aromatic carbocycles. The second-order valence-corrected chi connectivity index (χ2v) is 4.74. The number of ketones is 1. The number of carbonyl (C=O) groups excluding carboxylic acids is 2. The van der Waals surface area contributed by atoms with Gasteiger partial charge in [-0.1, -0.05) is 6.07 Å². The standard InChI is InChI=1S/C15H14O4/c1-18-15(17)14(16)9-6-7-11-10-4-2-3-5-12(10)19-13(11)8-9/h6-8H,2-5H2,1H3. The number of carbonyl (C=O) groups is 2. The van der Waals surface area contributed by atoms with Gasteiger partial charge in [0, 0.05) is 22.9 Å². The minimum Gasteiger partial charge on any atom is -0.463 e. The van der Waals surface area contributed by atoms with E-state index in [1.165, 1.54) is 19.1 Å². The highest BCUT2D eigenvalue weighted by atomic mass is 16.5. The van der Waals surface area contributed by atoms with Gasteiger partial charge in [0.15, 0.2) is 0 Å². The molecule has 1 aliphatic rings. The van der Waals surface area contributed by atoms with E-state index in [0.717, 1.165) is 30.4 Å². The van der Waals surface area contributed by atoms with Crippen LogP contribution in [-0.2, 0) is 22.4 Å². The zero-order valence-electron chi connectivity index (χ0n) is 10.7. The van der Waals surface area contributed by atoms with E-state index in [2.05, 4.69) is 4.74 Å². The van der Waals surface area contributed by atoms with Crippen LogP contribution in [0.15, 0.2) is 22.6 Å². The molecule has 0 aliphatic heterocycles. The summed E-state index contributed by atoms with van der Waals surface area (Å²) in [5.41, 5.74) is 2.24. The number of ether oxygens (including phenoxy) is 1. The number of fused-ring (bicyclic) bond motifs is 3. The molecular formula is C15H14O4. The summed E-state index contributed by atoms with van der Waals surface area (Å²) in [6, 6.07) is 5.15. The van der Waals surface area contributed by atoms with E-state index in [4.69, 9.17) is 4.42 Å². The number of methoxy groups -OCH3 is 1. The molecule has 0 spiro atoms. The van der Waals surface area contributed by atoms with Gasteiger partial charge in [-0.2, -0.15) is 0 Å². The molecule has 4 nitrogen and oxygen atoms in total. The van der Waals surface area contributed by atoms with E-state index in [0.29, 0.717) is 11.1 Å². The number of hydrogen-bond donors (Lipinski definition) is 0. The quantitative estimate of drug-likeness (QED) is 0.472. The van der Waals surface area contributed by atoms with Crippen molar-refractivity contribution in [2.45, 2.75) is 25.7 Å². The molecule has 0 fully saturated rings. The molecular weight excluding hydrogens is 244 g/mol. The molecule has 0 bridgehead atoms. The van der Waals surface area contributed by atoms with E-state index < -0.39 is 11.8 Å². The third-order valence-electron chi connectivity index (χ3n) is 3.59. The average molecular weight is 258 g/mol. The lowest BCUT2D eigenvalue weighted by Crippen LogP contribution is -2.15. The van der Waals surface area contributed by atoms with Crippen molar-refractivity contribution in [3.05, 3.63) is 35.1 Å². The van der Waals surface area contributed by atoms with Gasteiger partial charge in [-0.3, -0.25) is 4.79 Å². The first-order valence-electron chi connectivity index (χ1n) is 6.37. The fraction of sp³-hybridized carbons (Fsp3) is 0.333. The van der Waals surface area contributed by atoms with E-state index >= 15 is 0 Å². The van der Waals surface area contributed by atoms with Crippen LogP contribution in [0.4, 0.5) is 0 Å². The summed E-state index contributed by atoms with van der Waals surface area (Å²) in [4.78, 5) is 23.0. The molecule has 4 heteroatoms. The maximum Gasteiger partial charge on any atom is 0.379 e. The van der Waals surface area contributed by atoms with Gasteiger partial charge >= 0.3 is 5.97 Å². The SMILES string of the molecule is COC(=O)C(=O)c1ccc2c3c(oc2c1)CCCC3. The predicted molar refractivity (Wildman–Crippen MR) is 69.2 cm³/mol. The summed E-state index contributed by atoms with van der Waals surface area (Å²) in [5.74, 6) is -0.474. The highest BCUT2D eigenvalue weighted by Gasteiger charge is 2.21. The maximum absolute atomic E-state index is 11.7. The van der Waals surface area contributed by atoms with E-state index in [9.17, 15) is 9.59 Å². The molecule has 0 radical (unpaired) electrons. The Kier molecular flexibility index (Phi) is 2.85. The minimum atomic E-state index is -0.851. The van der Waals surface area contributed by atoms with Crippen molar-refractivity contribution >= 4 is 22.7 Å². The van der Waals surface area contributed by atoms with Gasteiger partial charge in [0.05, 0.1) is 7.11 Å². The first-order valence-corrected chi connectivity index (χ1v) is 6.37. The van der Waals surface area contributed by atoms with Gasteiger partial charge in [-0.05, 0) is 31.4 Å². The lowest BCUT2D eigenvalue weighted by molar-refractivity contribution is -0.135. The Balaban J connectivity index is 2.07. The van der Waals surface area contributed by atoms with Crippen LogP contribution in [0, 0.1) is 0 Å². The first-order chi connectivity index (χ1) is 9.20. The molecule has 3 rings (SSSR count). The molecule has 19 heavy (non-hydrogen) atoms. The molecule has 0 N–H and O–H groups in total. The maximum atomic E-state index is 11.7. The second kappa shape index (κ2) is 4.53. The lowest BCUT2D eigenvalue weighted by atomic mass is 9.95. The molecule has 0 atom stereocenters. The molecule has 0 saturated carbocycles. The van der Waals surface area contributed by atoms with Crippen LogP contribution in [0.3, 0.4) is 0 Å². The Morgan fingerprint density at radius 1 is 1.21 bits per heavy atom. The zero-order chi connectivity index (χ0) is 13.4. The highest BCUT2D eigenvalue weighted by molar-refractivity contribution is 6.40. The Labute approximate surface area is 110 Å². The molecule has 0 unspecified atom stereocenters. The Morgan fingerprint density at radius 2 is 2.00 bits per heavy atom. The normalized spacial score (nSPS) is 14.2. The van der Waals surface area contributed by atoms with Crippen molar-refractivity contribution in [1.82, 2.24) is 0 Å². The summed E-state index contributed by atoms with van der Waals surface area (Å²) in [6.07, 6.45) is 4.28. The van der Waals surface area contributed by atoms with Gasteiger partial charge in [-0.15, -0.1) is 0 Å². The monoisotopic (exact) mass is 258 g/mol. The van der Waals surface area contributed by atoms with Crippen molar-refractivity contribution in [3.63, 3.8) is 0 Å². The Morgan fingerprint density at radius 3 is 2.79 bits per heavy atom. The lowest BCUT2D eigenvalue weighted by Gasteiger charge is -2.08. The number of hydrogen-bond acceptors (Lipinski definition) is 4. The smallest absolute Gasteiger partial charge is 0.379 e. The number of Topliss-reactive ketones (excluding diaryl/α,β-unsaturated/α-hetero) is 1. The summed E-state index contributed by atoms with van der Waals surface area (Å²) >= 11 is 0. The summed E-state index contributed by atoms with van der Waals surface area (Å²) in [6.45, 7) is 0. The van der Waals surface area contributed by atoms with Crippen LogP contribution in [0.2, 0.25) is 0 Å². The molecule has 98 valence electrons. The number of benzene rings is 1. The summed E-state index contributed by atoms with van der Waals surface area (Å²) < 4.78 is 10.2. The number of esters is 1. The van der Waals surface area contributed by atoms with Crippen molar-refractivity contribution in [1.29, 1.82) is 0 Å². The van der Waals surface area contributed by atoms with Gasteiger partial charge in [-0.25, -0.2) is 4.79 Å². The van der Waals surface area contributed by atoms with E-state index in [-0.39, 0.29) is 0 Å². The van der Waals surface area contributed by atoms with Crippen LogP contribution < -0.4 is 0 Å². The number of aryl methyl sites for hydroxylation is 2. The zero-order valence-corrected chi connectivity index (χ0v) is 10.7. The van der Waals surface area contributed by atoms with Gasteiger partial charge < -0.3 is 9.15 Å². The largest absolute Gasteiger partial charge is 0.463 e. The number of furan rings is 1. The van der Waals surface area contributed by atoms with Gasteiger partial charge in [0.25, 0.3) is 5.78 Å². The topological polar surface area (TPSA) is 56.5 Å². The van der Waals surface area contributed by atoms with Crippen molar-refractivity contribution in [3.8, 4) is 0 Å². The van der Waals surface area contributed by atoms with Crippen molar-refractivity contribution in [2.75, 3.05) is 7.11 Å². The fourth-order valence-corrected chi connectivity index (χ4v) is 2.62. The molecule has 1 aliphatic carbocycles. The van der Waals surface area contributed by atoms with Crippen LogP contribution in [0.25, 0.3) is 11.0 Å². The summed E-state index contributed by atoms with van der Waals surface area (Å²) in [7, 11) is 1.20.